The Morgan fingerprint density at radius 2 is 1.95 bits per heavy atom. The van der Waals surface area contributed by atoms with Crippen molar-refractivity contribution in [3.63, 3.8) is 0 Å². The fraction of sp³-hybridized carbons (Fsp3) is 0.267. The lowest BCUT2D eigenvalue weighted by atomic mass is 10.2. The van der Waals surface area contributed by atoms with Crippen LogP contribution in [0.15, 0.2) is 30.3 Å². The molecule has 0 saturated carbocycles. The normalized spacial score (nSPS) is 11.8. The first-order valence-electron chi connectivity index (χ1n) is 6.86. The minimum Gasteiger partial charge on any atom is -0.366 e. The molecule has 0 spiro atoms. The molecule has 1 unspecified atom stereocenters. The first-order chi connectivity index (χ1) is 10.5. The predicted molar refractivity (Wildman–Crippen MR) is 79.7 cm³/mol. The third-order valence-electron chi connectivity index (χ3n) is 3.08. The summed E-state index contributed by atoms with van der Waals surface area (Å²) in [6.07, 6.45) is 0.931. The van der Waals surface area contributed by atoms with Gasteiger partial charge >= 0.3 is 0 Å². The van der Waals surface area contributed by atoms with Crippen molar-refractivity contribution in [2.24, 2.45) is 0 Å². The number of amides is 1. The Morgan fingerprint density at radius 1 is 1.18 bits per heavy atom. The molecular weight excluding hydrogens is 290 g/mol. The molecule has 1 atom stereocenters. The van der Waals surface area contributed by atoms with Gasteiger partial charge < -0.3 is 10.6 Å². The van der Waals surface area contributed by atoms with Crippen LogP contribution in [0.3, 0.4) is 0 Å². The molecule has 0 fully saturated rings. The average Bonchev–Trinajstić information content (AvgIpc) is 2.51. The highest BCUT2D eigenvalue weighted by molar-refractivity contribution is 6.02. The summed E-state index contributed by atoms with van der Waals surface area (Å²) in [5.41, 5.74) is 0.229. The lowest BCUT2D eigenvalue weighted by Gasteiger charge is -2.11. The lowest BCUT2D eigenvalue weighted by Crippen LogP contribution is -2.17. The largest absolute Gasteiger partial charge is 0.366 e. The topological polar surface area (TPSA) is 66.9 Å². The van der Waals surface area contributed by atoms with Gasteiger partial charge in [-0.1, -0.05) is 6.92 Å². The molecule has 2 N–H and O–H groups in total. The number of nitrogens with one attached hydrogen (secondary N) is 2. The molecular formula is C15H16F2N4O. The van der Waals surface area contributed by atoms with Crippen LogP contribution in [-0.2, 0) is 0 Å². The number of carbonyl (C=O) groups excluding carboxylic acids is 1. The SMILES string of the molecule is CCC(C)Nc1ccc(C(=O)Nc2ccc(F)c(F)c2)nn1. The summed E-state index contributed by atoms with van der Waals surface area (Å²) in [6, 6.07) is 6.50. The van der Waals surface area contributed by atoms with E-state index in [9.17, 15) is 13.6 Å². The average molecular weight is 306 g/mol. The molecule has 116 valence electrons. The molecule has 0 aliphatic rings. The Morgan fingerprint density at radius 3 is 2.55 bits per heavy atom. The zero-order valence-corrected chi connectivity index (χ0v) is 12.2. The van der Waals surface area contributed by atoms with Crippen molar-refractivity contribution in [1.29, 1.82) is 0 Å². The highest BCUT2D eigenvalue weighted by Crippen LogP contribution is 2.14. The van der Waals surface area contributed by atoms with Crippen LogP contribution in [0.2, 0.25) is 0 Å². The van der Waals surface area contributed by atoms with E-state index < -0.39 is 17.5 Å². The van der Waals surface area contributed by atoms with Crippen LogP contribution in [0, 0.1) is 11.6 Å². The van der Waals surface area contributed by atoms with Crippen molar-refractivity contribution >= 4 is 17.4 Å². The Hall–Kier alpha value is -2.57. The molecule has 0 radical (unpaired) electrons. The fourth-order valence-electron chi connectivity index (χ4n) is 1.65. The van der Waals surface area contributed by atoms with E-state index in [0.717, 1.165) is 18.6 Å². The minimum absolute atomic E-state index is 0.0828. The molecule has 1 amide bonds. The van der Waals surface area contributed by atoms with Crippen molar-refractivity contribution in [2.45, 2.75) is 26.3 Å². The Kier molecular flexibility index (Phi) is 4.98. The van der Waals surface area contributed by atoms with Gasteiger partial charge in [0.05, 0.1) is 0 Å². The monoisotopic (exact) mass is 306 g/mol. The number of benzene rings is 1. The number of aromatic nitrogens is 2. The maximum absolute atomic E-state index is 13.1. The zero-order chi connectivity index (χ0) is 16.1. The number of carbonyl (C=O) groups is 1. The van der Waals surface area contributed by atoms with Crippen LogP contribution >= 0.6 is 0 Å². The molecule has 2 rings (SSSR count). The summed E-state index contributed by atoms with van der Waals surface area (Å²) in [5.74, 6) is -1.98. The van der Waals surface area contributed by atoms with Crippen LogP contribution < -0.4 is 10.6 Å². The van der Waals surface area contributed by atoms with Crippen LogP contribution in [0.5, 0.6) is 0 Å². The van der Waals surface area contributed by atoms with Crippen molar-refractivity contribution in [1.82, 2.24) is 10.2 Å². The third kappa shape index (κ3) is 3.97. The molecule has 22 heavy (non-hydrogen) atoms. The second-order valence-corrected chi connectivity index (χ2v) is 4.84. The lowest BCUT2D eigenvalue weighted by molar-refractivity contribution is 0.102. The highest BCUT2D eigenvalue weighted by Gasteiger charge is 2.11. The second-order valence-electron chi connectivity index (χ2n) is 4.84. The van der Waals surface area contributed by atoms with Gasteiger partial charge in [-0.2, -0.15) is 0 Å². The summed E-state index contributed by atoms with van der Waals surface area (Å²) in [5, 5.41) is 13.3. The molecule has 1 aromatic carbocycles. The molecule has 0 aliphatic carbocycles. The number of hydrogen-bond acceptors (Lipinski definition) is 4. The van der Waals surface area contributed by atoms with E-state index in [0.29, 0.717) is 5.82 Å². The molecule has 5 nitrogen and oxygen atoms in total. The van der Waals surface area contributed by atoms with Crippen LogP contribution in [-0.4, -0.2) is 22.1 Å². The molecule has 7 heteroatoms. The van der Waals surface area contributed by atoms with E-state index in [1.165, 1.54) is 12.1 Å². The summed E-state index contributed by atoms with van der Waals surface area (Å²) in [4.78, 5) is 11.9. The van der Waals surface area contributed by atoms with Gasteiger partial charge in [0, 0.05) is 17.8 Å². The van der Waals surface area contributed by atoms with Gasteiger partial charge in [-0.05, 0) is 37.6 Å². The number of nitrogens with zero attached hydrogens (tertiary/aromatic N) is 2. The second kappa shape index (κ2) is 6.93. The number of anilines is 2. The Bertz CT molecular complexity index is 661. The van der Waals surface area contributed by atoms with E-state index in [1.807, 2.05) is 13.8 Å². The van der Waals surface area contributed by atoms with E-state index in [4.69, 9.17) is 0 Å². The zero-order valence-electron chi connectivity index (χ0n) is 12.2. The molecule has 1 aromatic heterocycles. The molecule has 0 bridgehead atoms. The summed E-state index contributed by atoms with van der Waals surface area (Å²) >= 11 is 0. The highest BCUT2D eigenvalue weighted by atomic mass is 19.2. The first-order valence-corrected chi connectivity index (χ1v) is 6.86. The Balaban J connectivity index is 2.04. The van der Waals surface area contributed by atoms with Gasteiger partial charge in [0.25, 0.3) is 5.91 Å². The maximum atomic E-state index is 13.1. The molecule has 1 heterocycles. The Labute approximate surface area is 126 Å². The van der Waals surface area contributed by atoms with Crippen molar-refractivity contribution in [3.8, 4) is 0 Å². The quantitative estimate of drug-likeness (QED) is 0.890. The minimum atomic E-state index is -1.03. The molecule has 0 aliphatic heterocycles. The van der Waals surface area contributed by atoms with Gasteiger partial charge in [0.2, 0.25) is 0 Å². The number of rotatable bonds is 5. The maximum Gasteiger partial charge on any atom is 0.276 e. The van der Waals surface area contributed by atoms with Crippen molar-refractivity contribution < 1.29 is 13.6 Å². The number of hydrogen-bond donors (Lipinski definition) is 2. The summed E-state index contributed by atoms with van der Waals surface area (Å²) < 4.78 is 25.9. The van der Waals surface area contributed by atoms with E-state index in [2.05, 4.69) is 20.8 Å². The van der Waals surface area contributed by atoms with Gasteiger partial charge in [0.1, 0.15) is 5.82 Å². The van der Waals surface area contributed by atoms with E-state index in [-0.39, 0.29) is 17.4 Å². The van der Waals surface area contributed by atoms with E-state index >= 15 is 0 Å². The van der Waals surface area contributed by atoms with Crippen LogP contribution in [0.4, 0.5) is 20.3 Å². The summed E-state index contributed by atoms with van der Waals surface area (Å²) in [6.45, 7) is 4.04. The number of halogens is 2. The van der Waals surface area contributed by atoms with Gasteiger partial charge in [0.15, 0.2) is 17.3 Å². The predicted octanol–water partition coefficient (Wildman–Crippen LogP) is 3.22. The van der Waals surface area contributed by atoms with Gasteiger partial charge in [-0.3, -0.25) is 4.79 Å². The van der Waals surface area contributed by atoms with Gasteiger partial charge in [-0.15, -0.1) is 10.2 Å². The van der Waals surface area contributed by atoms with Gasteiger partial charge in [-0.25, -0.2) is 8.78 Å². The smallest absolute Gasteiger partial charge is 0.276 e. The van der Waals surface area contributed by atoms with Crippen LogP contribution in [0.1, 0.15) is 30.8 Å². The fourth-order valence-corrected chi connectivity index (χ4v) is 1.65. The van der Waals surface area contributed by atoms with Crippen molar-refractivity contribution in [2.75, 3.05) is 10.6 Å². The van der Waals surface area contributed by atoms with E-state index in [1.54, 1.807) is 6.07 Å². The summed E-state index contributed by atoms with van der Waals surface area (Å²) in [7, 11) is 0. The molecule has 0 saturated heterocycles. The standard InChI is InChI=1S/C15H16F2N4O/c1-3-9(2)18-14-7-6-13(20-21-14)15(22)19-10-4-5-11(16)12(17)8-10/h4-9H,3H2,1-2H3,(H,18,21)(H,19,22). The van der Waals surface area contributed by atoms with Crippen LogP contribution in [0.25, 0.3) is 0 Å². The first kappa shape index (κ1) is 15.8. The molecule has 2 aromatic rings. The van der Waals surface area contributed by atoms with Crippen molar-refractivity contribution in [3.05, 3.63) is 47.7 Å². The third-order valence-corrected chi connectivity index (χ3v) is 3.08.